The van der Waals surface area contributed by atoms with Crippen molar-refractivity contribution in [3.05, 3.63) is 16.3 Å². The normalized spacial score (nSPS) is 10.2. The summed E-state index contributed by atoms with van der Waals surface area (Å²) in [6, 6.07) is 0. The molecule has 0 radical (unpaired) electrons. The van der Waals surface area contributed by atoms with Crippen LogP contribution >= 0.6 is 67.8 Å². The van der Waals surface area contributed by atoms with Gasteiger partial charge in [0.1, 0.15) is 6.61 Å². The van der Waals surface area contributed by atoms with E-state index in [0.29, 0.717) is 24.1 Å². The standard InChI is InChI=1S/C11H12I3N3O3/c1-4(18)20-3-2-17-11(19)5-6(12)9(15)8(14)10(16)7(5)13/h2-3,15-16H2,1H3,(H,17,19). The van der Waals surface area contributed by atoms with Crippen molar-refractivity contribution in [2.75, 3.05) is 24.6 Å². The number of esters is 1. The summed E-state index contributed by atoms with van der Waals surface area (Å²) in [5, 5.41) is 2.67. The topological polar surface area (TPSA) is 107 Å². The Bertz CT molecular complexity index is 535. The Labute approximate surface area is 157 Å². The van der Waals surface area contributed by atoms with Gasteiger partial charge in [-0.15, -0.1) is 0 Å². The molecule has 0 spiro atoms. The molecule has 20 heavy (non-hydrogen) atoms. The van der Waals surface area contributed by atoms with Crippen molar-refractivity contribution in [3.8, 4) is 0 Å². The Hall–Kier alpha value is -0.0500. The van der Waals surface area contributed by atoms with Gasteiger partial charge in [-0.25, -0.2) is 0 Å². The van der Waals surface area contributed by atoms with Crippen LogP contribution in [0.25, 0.3) is 0 Å². The molecule has 0 aliphatic rings. The molecule has 0 saturated heterocycles. The number of carbonyl (C=O) groups excluding carboxylic acids is 2. The van der Waals surface area contributed by atoms with E-state index < -0.39 is 0 Å². The fourth-order valence-corrected chi connectivity index (χ4v) is 5.01. The Morgan fingerprint density at radius 2 is 1.60 bits per heavy atom. The van der Waals surface area contributed by atoms with Gasteiger partial charge in [0.2, 0.25) is 0 Å². The first-order chi connectivity index (χ1) is 9.27. The number of anilines is 2. The lowest BCUT2D eigenvalue weighted by Gasteiger charge is -2.14. The van der Waals surface area contributed by atoms with Crippen molar-refractivity contribution in [2.45, 2.75) is 6.92 Å². The summed E-state index contributed by atoms with van der Waals surface area (Å²) in [6.45, 7) is 1.67. The van der Waals surface area contributed by atoms with Crippen LogP contribution in [0.2, 0.25) is 0 Å². The van der Waals surface area contributed by atoms with Crippen LogP contribution in [0.1, 0.15) is 17.3 Å². The predicted octanol–water partition coefficient (Wildman–Crippen LogP) is 1.96. The number of rotatable bonds is 4. The highest BCUT2D eigenvalue weighted by Gasteiger charge is 2.21. The molecule has 0 aliphatic carbocycles. The Balaban J connectivity index is 2.91. The molecule has 1 amide bonds. The highest BCUT2D eigenvalue weighted by atomic mass is 127. The minimum atomic E-state index is -0.383. The number of nitrogen functional groups attached to an aromatic ring is 2. The number of carbonyl (C=O) groups is 2. The first-order valence-corrected chi connectivity index (χ1v) is 8.64. The largest absolute Gasteiger partial charge is 0.464 e. The number of nitrogens with two attached hydrogens (primary N) is 2. The lowest BCUT2D eigenvalue weighted by molar-refractivity contribution is -0.140. The summed E-state index contributed by atoms with van der Waals surface area (Å²) < 4.78 is 6.82. The third kappa shape index (κ3) is 4.22. The molecule has 0 atom stereocenters. The zero-order valence-corrected chi connectivity index (χ0v) is 16.9. The number of ether oxygens (including phenoxy) is 1. The number of amides is 1. The molecule has 110 valence electrons. The summed E-state index contributed by atoms with van der Waals surface area (Å²) in [7, 11) is 0. The minimum absolute atomic E-state index is 0.129. The Morgan fingerprint density at radius 1 is 1.10 bits per heavy atom. The smallest absolute Gasteiger partial charge is 0.302 e. The van der Waals surface area contributed by atoms with E-state index in [9.17, 15) is 9.59 Å². The maximum absolute atomic E-state index is 12.2. The van der Waals surface area contributed by atoms with E-state index in [4.69, 9.17) is 16.2 Å². The van der Waals surface area contributed by atoms with Crippen molar-refractivity contribution in [1.29, 1.82) is 0 Å². The van der Waals surface area contributed by atoms with Crippen LogP contribution in [0, 0.1) is 10.7 Å². The van der Waals surface area contributed by atoms with Crippen LogP contribution < -0.4 is 16.8 Å². The summed E-state index contributed by atoms with van der Waals surface area (Å²) in [5.41, 5.74) is 13.3. The predicted molar refractivity (Wildman–Crippen MR) is 102 cm³/mol. The van der Waals surface area contributed by atoms with Gasteiger partial charge in [0.25, 0.3) is 5.91 Å². The van der Waals surface area contributed by atoms with E-state index in [2.05, 4.69) is 27.9 Å². The van der Waals surface area contributed by atoms with E-state index >= 15 is 0 Å². The van der Waals surface area contributed by atoms with Crippen LogP contribution in [0.5, 0.6) is 0 Å². The highest BCUT2D eigenvalue weighted by Crippen LogP contribution is 2.35. The zero-order chi connectivity index (χ0) is 15.4. The molecular weight excluding hydrogens is 603 g/mol. The molecule has 1 rings (SSSR count). The van der Waals surface area contributed by atoms with Gasteiger partial charge < -0.3 is 21.5 Å². The van der Waals surface area contributed by atoms with E-state index in [-0.39, 0.29) is 25.0 Å². The number of halogens is 3. The fourth-order valence-electron chi connectivity index (χ4n) is 1.35. The molecule has 0 saturated carbocycles. The summed E-state index contributed by atoms with van der Waals surface area (Å²) in [4.78, 5) is 22.8. The number of nitrogens with one attached hydrogen (secondary N) is 1. The van der Waals surface area contributed by atoms with Gasteiger partial charge >= 0.3 is 5.97 Å². The van der Waals surface area contributed by atoms with Gasteiger partial charge in [0, 0.05) is 6.92 Å². The molecule has 5 N–H and O–H groups in total. The van der Waals surface area contributed by atoms with Crippen molar-refractivity contribution in [3.63, 3.8) is 0 Å². The molecule has 0 aliphatic heterocycles. The van der Waals surface area contributed by atoms with Gasteiger partial charge in [0.15, 0.2) is 0 Å². The Morgan fingerprint density at radius 3 is 2.05 bits per heavy atom. The summed E-state index contributed by atoms with van der Waals surface area (Å²) in [5.74, 6) is -0.674. The van der Waals surface area contributed by atoms with Crippen molar-refractivity contribution in [2.24, 2.45) is 0 Å². The molecule has 9 heteroatoms. The van der Waals surface area contributed by atoms with Gasteiger partial charge in [-0.05, 0) is 67.8 Å². The van der Waals surface area contributed by atoms with Gasteiger partial charge in [-0.3, -0.25) is 9.59 Å². The second-order valence-electron chi connectivity index (χ2n) is 3.74. The van der Waals surface area contributed by atoms with Crippen molar-refractivity contribution >= 4 is 91.0 Å². The Kier molecular flexibility index (Phi) is 7.03. The highest BCUT2D eigenvalue weighted by molar-refractivity contribution is 14.1. The lowest BCUT2D eigenvalue weighted by atomic mass is 10.1. The second-order valence-corrected chi connectivity index (χ2v) is 6.98. The number of benzene rings is 1. The van der Waals surface area contributed by atoms with Crippen LogP contribution in [0.15, 0.2) is 0 Å². The summed E-state index contributed by atoms with van der Waals surface area (Å²) in [6.07, 6.45) is 0. The number of hydrogen-bond donors (Lipinski definition) is 3. The zero-order valence-electron chi connectivity index (χ0n) is 10.4. The fraction of sp³-hybridized carbons (Fsp3) is 0.273. The first-order valence-electron chi connectivity index (χ1n) is 5.40. The van der Waals surface area contributed by atoms with Gasteiger partial charge in [0.05, 0.1) is 34.2 Å². The minimum Gasteiger partial charge on any atom is -0.464 e. The van der Waals surface area contributed by atoms with Gasteiger partial charge in [-0.1, -0.05) is 0 Å². The van der Waals surface area contributed by atoms with E-state index in [1.54, 1.807) is 0 Å². The molecule has 0 bridgehead atoms. The van der Waals surface area contributed by atoms with Crippen molar-refractivity contribution in [1.82, 2.24) is 5.32 Å². The molecule has 1 aromatic rings. The van der Waals surface area contributed by atoms with Crippen LogP contribution in [-0.4, -0.2) is 25.0 Å². The van der Waals surface area contributed by atoms with Crippen LogP contribution in [0.3, 0.4) is 0 Å². The molecule has 6 nitrogen and oxygen atoms in total. The van der Waals surface area contributed by atoms with E-state index in [0.717, 1.165) is 3.57 Å². The quantitative estimate of drug-likeness (QED) is 0.208. The molecule has 0 unspecified atom stereocenters. The molecule has 1 aromatic carbocycles. The maximum Gasteiger partial charge on any atom is 0.302 e. The number of hydrogen-bond acceptors (Lipinski definition) is 5. The SMILES string of the molecule is CC(=O)OCCNC(=O)c1c(I)c(N)c(I)c(N)c1I. The molecule has 0 heterocycles. The maximum atomic E-state index is 12.2. The molecule has 0 aromatic heterocycles. The first kappa shape index (κ1) is 18.0. The molecule has 0 fully saturated rings. The third-order valence-corrected chi connectivity index (χ3v) is 5.71. The average Bonchev–Trinajstić information content (AvgIpc) is 2.39. The van der Waals surface area contributed by atoms with Gasteiger partial charge in [-0.2, -0.15) is 0 Å². The van der Waals surface area contributed by atoms with E-state index in [1.165, 1.54) is 6.92 Å². The van der Waals surface area contributed by atoms with Crippen LogP contribution in [0.4, 0.5) is 11.4 Å². The monoisotopic (exact) mass is 615 g/mol. The van der Waals surface area contributed by atoms with Crippen LogP contribution in [-0.2, 0) is 9.53 Å². The van der Waals surface area contributed by atoms with E-state index in [1.807, 2.05) is 45.2 Å². The third-order valence-electron chi connectivity index (χ3n) is 2.30. The summed E-state index contributed by atoms with van der Waals surface area (Å²) >= 11 is 6.10. The molecular formula is C11H12I3N3O3. The second kappa shape index (κ2) is 7.82. The lowest BCUT2D eigenvalue weighted by Crippen LogP contribution is -2.29. The average molecular weight is 615 g/mol. The van der Waals surface area contributed by atoms with Crippen molar-refractivity contribution < 1.29 is 14.3 Å².